The predicted molar refractivity (Wildman–Crippen MR) is 151 cm³/mol. The molecule has 0 unspecified atom stereocenters. The summed E-state index contributed by atoms with van der Waals surface area (Å²) in [6.45, 7) is 2.09. The molecular formula is C30H34O15. The first-order valence-electron chi connectivity index (χ1n) is 14.0. The second kappa shape index (κ2) is 13.4. The van der Waals surface area contributed by atoms with Gasteiger partial charge < -0.3 is 63.5 Å². The van der Waals surface area contributed by atoms with Crippen LogP contribution in [-0.2, 0) is 19.0 Å². The number of carbonyl (C=O) groups excluding carboxylic acids is 1. The zero-order chi connectivity index (χ0) is 32.6. The fourth-order valence-corrected chi connectivity index (χ4v) is 5.06. The number of ether oxygens (including phenoxy) is 6. The molecule has 2 saturated heterocycles. The molecule has 2 fully saturated rings. The zero-order valence-corrected chi connectivity index (χ0v) is 24.4. The Bertz CT molecular complexity index is 1560. The van der Waals surface area contributed by atoms with Crippen molar-refractivity contribution in [1.29, 1.82) is 0 Å². The summed E-state index contributed by atoms with van der Waals surface area (Å²) < 4.78 is 38.8. The number of aliphatic hydroxyl groups excluding tert-OH is 6. The van der Waals surface area contributed by atoms with E-state index in [1.54, 1.807) is 24.3 Å². The maximum absolute atomic E-state index is 13.1. The van der Waals surface area contributed by atoms with Crippen LogP contribution in [0.25, 0.3) is 22.3 Å². The summed E-state index contributed by atoms with van der Waals surface area (Å²) in [7, 11) is 1.51. The molecule has 2 aromatic carbocycles. The molecule has 3 heterocycles. The van der Waals surface area contributed by atoms with Crippen molar-refractivity contribution in [1.82, 2.24) is 0 Å². The Morgan fingerprint density at radius 1 is 0.822 bits per heavy atom. The molecule has 15 heteroatoms. The van der Waals surface area contributed by atoms with E-state index < -0.39 is 79.4 Å². The molecule has 15 nitrogen and oxygen atoms in total. The summed E-state index contributed by atoms with van der Waals surface area (Å²) in [5, 5.41) is 61.8. The number of aliphatic hydroxyl groups is 6. The Morgan fingerprint density at radius 2 is 1.49 bits per heavy atom. The van der Waals surface area contributed by atoms with Crippen molar-refractivity contribution in [3.05, 3.63) is 52.7 Å². The Morgan fingerprint density at radius 3 is 2.16 bits per heavy atom. The molecule has 0 saturated carbocycles. The molecule has 1 aromatic heterocycles. The lowest BCUT2D eigenvalue weighted by atomic mass is 9.98. The van der Waals surface area contributed by atoms with E-state index in [1.165, 1.54) is 32.2 Å². The summed E-state index contributed by atoms with van der Waals surface area (Å²) >= 11 is 0. The summed E-state index contributed by atoms with van der Waals surface area (Å²) in [4.78, 5) is 25.0. The molecule has 0 bridgehead atoms. The number of fused-ring (bicyclic) bond motifs is 1. The molecule has 2 aliphatic rings. The molecule has 2 aliphatic heterocycles. The summed E-state index contributed by atoms with van der Waals surface area (Å²) in [5.74, 6) is -0.266. The van der Waals surface area contributed by atoms with Gasteiger partial charge in [0.1, 0.15) is 76.7 Å². The molecule has 0 spiro atoms. The second-order valence-electron chi connectivity index (χ2n) is 10.7. The van der Waals surface area contributed by atoms with Crippen LogP contribution in [0.5, 0.6) is 17.2 Å². The highest BCUT2D eigenvalue weighted by Crippen LogP contribution is 2.34. The smallest absolute Gasteiger partial charge is 0.308 e. The number of rotatable bonds is 8. The van der Waals surface area contributed by atoms with Crippen LogP contribution in [0.4, 0.5) is 0 Å². The number of carbonyl (C=O) groups is 1. The highest BCUT2D eigenvalue weighted by molar-refractivity contribution is 5.88. The molecule has 0 amide bonds. The largest absolute Gasteiger partial charge is 0.497 e. The van der Waals surface area contributed by atoms with Crippen molar-refractivity contribution < 1.29 is 68.3 Å². The SMILES string of the molecule is COc1ccc(-c2cc(=O)c3c(OC(C)=O)cc(O[C@@H]4O[C@H](CO[C@@H]5O[C@@H](C)[C@H](O)[C@@H](O)[C@H]5O)[C@@H](O)[C@H](O)[C@H]4O)cc3o2)cc1. The number of esters is 1. The summed E-state index contributed by atoms with van der Waals surface area (Å²) in [5.41, 5.74) is -0.00980. The van der Waals surface area contributed by atoms with Gasteiger partial charge >= 0.3 is 5.97 Å². The number of methoxy groups -OCH3 is 1. The van der Waals surface area contributed by atoms with Crippen LogP contribution in [-0.4, -0.2) is 112 Å². The van der Waals surface area contributed by atoms with E-state index in [1.807, 2.05) is 0 Å². The van der Waals surface area contributed by atoms with Crippen LogP contribution in [0.3, 0.4) is 0 Å². The molecule has 3 aromatic rings. The lowest BCUT2D eigenvalue weighted by Crippen LogP contribution is -2.61. The molecule has 6 N–H and O–H groups in total. The van der Waals surface area contributed by atoms with Gasteiger partial charge in [-0.25, -0.2) is 0 Å². The van der Waals surface area contributed by atoms with Crippen LogP contribution in [0.1, 0.15) is 13.8 Å². The van der Waals surface area contributed by atoms with E-state index in [0.717, 1.165) is 6.92 Å². The van der Waals surface area contributed by atoms with Gasteiger partial charge in [0.05, 0.1) is 19.8 Å². The van der Waals surface area contributed by atoms with Gasteiger partial charge in [-0.2, -0.15) is 0 Å². The monoisotopic (exact) mass is 634 g/mol. The van der Waals surface area contributed by atoms with Crippen LogP contribution in [0.15, 0.2) is 51.7 Å². The van der Waals surface area contributed by atoms with E-state index in [-0.39, 0.29) is 28.2 Å². The second-order valence-corrected chi connectivity index (χ2v) is 10.7. The minimum Gasteiger partial charge on any atom is -0.497 e. The van der Waals surface area contributed by atoms with Gasteiger partial charge in [-0.1, -0.05) is 0 Å². The molecule has 244 valence electrons. The van der Waals surface area contributed by atoms with Crippen LogP contribution in [0.2, 0.25) is 0 Å². The van der Waals surface area contributed by atoms with Gasteiger partial charge in [-0.3, -0.25) is 9.59 Å². The molecule has 10 atom stereocenters. The quantitative estimate of drug-likeness (QED) is 0.135. The first-order valence-corrected chi connectivity index (χ1v) is 14.0. The summed E-state index contributed by atoms with van der Waals surface area (Å²) in [6.07, 6.45) is -15.1. The average molecular weight is 635 g/mol. The van der Waals surface area contributed by atoms with Gasteiger partial charge in [-0.05, 0) is 31.2 Å². The lowest BCUT2D eigenvalue weighted by Gasteiger charge is -2.42. The fourth-order valence-electron chi connectivity index (χ4n) is 5.06. The van der Waals surface area contributed by atoms with Crippen molar-refractivity contribution in [3.8, 4) is 28.6 Å². The number of hydrogen-bond donors (Lipinski definition) is 6. The normalized spacial score (nSPS) is 31.8. The lowest BCUT2D eigenvalue weighted by molar-refractivity contribution is -0.318. The van der Waals surface area contributed by atoms with Crippen LogP contribution in [0, 0.1) is 0 Å². The van der Waals surface area contributed by atoms with Crippen molar-refractivity contribution in [2.45, 2.75) is 75.3 Å². The molecule has 0 radical (unpaired) electrons. The van der Waals surface area contributed by atoms with Gasteiger partial charge in [-0.15, -0.1) is 0 Å². The average Bonchev–Trinajstić information content (AvgIpc) is 3.01. The molecule has 0 aliphatic carbocycles. The molecule has 5 rings (SSSR count). The van der Waals surface area contributed by atoms with Gasteiger partial charge in [0, 0.05) is 30.7 Å². The highest BCUT2D eigenvalue weighted by Gasteiger charge is 2.47. The first kappa shape index (κ1) is 32.7. The van der Waals surface area contributed by atoms with Crippen molar-refractivity contribution in [2.75, 3.05) is 13.7 Å². The number of hydrogen-bond acceptors (Lipinski definition) is 15. The highest BCUT2D eigenvalue weighted by atomic mass is 16.7. The minimum atomic E-state index is -1.78. The first-order chi connectivity index (χ1) is 21.4. The van der Waals surface area contributed by atoms with E-state index in [2.05, 4.69) is 0 Å². The Balaban J connectivity index is 1.41. The summed E-state index contributed by atoms with van der Waals surface area (Å²) in [6, 6.07) is 10.5. The number of benzene rings is 2. The Hall–Kier alpha value is -3.64. The fraction of sp³-hybridized carbons (Fsp3) is 0.467. The van der Waals surface area contributed by atoms with Gasteiger partial charge in [0.15, 0.2) is 11.7 Å². The molecule has 45 heavy (non-hydrogen) atoms. The van der Waals surface area contributed by atoms with E-state index in [0.29, 0.717) is 11.3 Å². The maximum Gasteiger partial charge on any atom is 0.308 e. The van der Waals surface area contributed by atoms with Gasteiger partial charge in [0.25, 0.3) is 0 Å². The molecular weight excluding hydrogens is 600 g/mol. The van der Waals surface area contributed by atoms with E-state index in [9.17, 15) is 40.2 Å². The van der Waals surface area contributed by atoms with Crippen molar-refractivity contribution >= 4 is 16.9 Å². The van der Waals surface area contributed by atoms with E-state index >= 15 is 0 Å². The standard InChI is InChI=1S/C30H34O15/c1-12-23(33)25(35)27(37)29(41-12)40-11-21-24(34)26(36)28(38)30(45-21)43-16-8-19(42-13(2)31)22-17(32)10-18(44-20(22)9-16)14-4-6-15(39-3)7-5-14/h4-10,12,21,23-30,33-38H,11H2,1-3H3/t12-,21+,23-,24+,25+,26-,27+,28+,29+,30+/m0/s1. The zero-order valence-electron chi connectivity index (χ0n) is 24.4. The third-order valence-corrected chi connectivity index (χ3v) is 7.55. The van der Waals surface area contributed by atoms with E-state index in [4.69, 9.17) is 32.8 Å². The minimum absolute atomic E-state index is 0.0360. The Kier molecular flexibility index (Phi) is 9.74. The third kappa shape index (κ3) is 6.81. The predicted octanol–water partition coefficient (Wildman–Crippen LogP) is -0.576. The maximum atomic E-state index is 13.1. The van der Waals surface area contributed by atoms with Gasteiger partial charge in [0.2, 0.25) is 6.29 Å². The van der Waals surface area contributed by atoms with Crippen LogP contribution >= 0.6 is 0 Å². The Labute approximate surface area is 255 Å². The third-order valence-electron chi connectivity index (χ3n) is 7.55. The van der Waals surface area contributed by atoms with Crippen molar-refractivity contribution in [3.63, 3.8) is 0 Å². The van der Waals surface area contributed by atoms with Crippen LogP contribution < -0.4 is 19.6 Å². The van der Waals surface area contributed by atoms with Crippen molar-refractivity contribution in [2.24, 2.45) is 0 Å². The topological polar surface area (TPSA) is 224 Å².